The lowest BCUT2D eigenvalue weighted by Gasteiger charge is -2.07. The zero-order chi connectivity index (χ0) is 21.8. The zero-order valence-corrected chi connectivity index (χ0v) is 16.5. The Balaban J connectivity index is 0.000000151. The van der Waals surface area contributed by atoms with Crippen molar-refractivity contribution in [2.75, 3.05) is 6.61 Å². The Bertz CT molecular complexity index is 1420. The average molecular weight is 420 g/mol. The van der Waals surface area contributed by atoms with Crippen LogP contribution in [0.4, 0.5) is 0 Å². The number of fused-ring (bicyclic) bond motifs is 3. The molecule has 0 spiro atoms. The summed E-state index contributed by atoms with van der Waals surface area (Å²) >= 11 is 0. The molecule has 0 aliphatic heterocycles. The van der Waals surface area contributed by atoms with Crippen LogP contribution >= 0.6 is 0 Å². The van der Waals surface area contributed by atoms with Crippen molar-refractivity contribution in [3.63, 3.8) is 0 Å². The highest BCUT2D eigenvalue weighted by molar-refractivity contribution is 5.92. The number of carbonyl (C=O) groups is 1. The third-order valence-electron chi connectivity index (χ3n) is 4.16. The molecule has 0 saturated heterocycles. The number of rotatable bonds is 3. The quantitative estimate of drug-likeness (QED) is 0.407. The molecule has 0 atom stereocenters. The van der Waals surface area contributed by atoms with E-state index in [0.717, 1.165) is 0 Å². The molecule has 13 nitrogen and oxygen atoms in total. The smallest absolute Gasteiger partial charge is 0.341 e. The van der Waals surface area contributed by atoms with Crippen LogP contribution in [-0.2, 0) is 4.74 Å². The van der Waals surface area contributed by atoms with Crippen molar-refractivity contribution in [1.82, 2.24) is 50.2 Å². The molecule has 0 fully saturated rings. The second-order valence-electron chi connectivity index (χ2n) is 6.11. The zero-order valence-electron chi connectivity index (χ0n) is 16.5. The van der Waals surface area contributed by atoms with Crippen LogP contribution in [0.3, 0.4) is 0 Å². The van der Waals surface area contributed by atoms with E-state index < -0.39 is 5.97 Å². The fraction of sp³-hybridized carbons (Fsp3) is 0.167. The van der Waals surface area contributed by atoms with Crippen molar-refractivity contribution < 1.29 is 9.53 Å². The van der Waals surface area contributed by atoms with E-state index in [4.69, 9.17) is 4.74 Å². The first kappa shape index (κ1) is 19.8. The van der Waals surface area contributed by atoms with Gasteiger partial charge in [0.2, 0.25) is 0 Å². The second-order valence-corrected chi connectivity index (χ2v) is 6.11. The van der Waals surface area contributed by atoms with Gasteiger partial charge in [0.25, 0.3) is 0 Å². The van der Waals surface area contributed by atoms with E-state index in [2.05, 4.69) is 41.0 Å². The molecule has 0 radical (unpaired) electrons. The summed E-state index contributed by atoms with van der Waals surface area (Å²) in [5, 5.41) is 21.6. The summed E-state index contributed by atoms with van der Waals surface area (Å²) in [6, 6.07) is 8.16. The van der Waals surface area contributed by atoms with Crippen LogP contribution in [-0.4, -0.2) is 62.8 Å². The van der Waals surface area contributed by atoms with Crippen LogP contribution in [0.5, 0.6) is 0 Å². The van der Waals surface area contributed by atoms with Crippen LogP contribution in [0.15, 0.2) is 47.5 Å². The van der Waals surface area contributed by atoms with Crippen LogP contribution < -0.4 is 5.43 Å². The first-order chi connectivity index (χ1) is 15.1. The van der Waals surface area contributed by atoms with Crippen LogP contribution in [0.1, 0.15) is 23.1 Å². The standard InChI is InChI=1S/C10H11N5O2.C8H5N5O/c1-3-17-10(16)8-5-4-6-11-9(8)15-7(2)12-13-14-15;14-6-4-7-10-11-12-13(7)8-5(6)2-1-3-9-8/h4-6H,3H2,1-2H3;1-4H,(H,10,12). The predicted molar refractivity (Wildman–Crippen MR) is 107 cm³/mol. The molecule has 0 amide bonds. The van der Waals surface area contributed by atoms with Gasteiger partial charge in [-0.2, -0.15) is 14.4 Å². The molecule has 31 heavy (non-hydrogen) atoms. The maximum atomic E-state index is 11.7. The van der Waals surface area contributed by atoms with Gasteiger partial charge in [0.15, 0.2) is 28.4 Å². The fourth-order valence-electron chi connectivity index (χ4n) is 2.79. The number of aromatic amines is 1. The topological polar surface area (TPSA) is 159 Å². The molecule has 0 aromatic carbocycles. The van der Waals surface area contributed by atoms with Crippen molar-refractivity contribution in [3.05, 3.63) is 64.3 Å². The van der Waals surface area contributed by atoms with E-state index in [9.17, 15) is 9.59 Å². The normalized spacial score (nSPS) is 10.6. The van der Waals surface area contributed by atoms with Crippen LogP contribution in [0.25, 0.3) is 22.5 Å². The highest BCUT2D eigenvalue weighted by Crippen LogP contribution is 2.12. The molecule has 156 valence electrons. The maximum Gasteiger partial charge on any atom is 0.341 e. The Hall–Kier alpha value is -4.55. The second kappa shape index (κ2) is 8.44. The number of ether oxygens (including phenoxy) is 1. The number of H-pyrrole nitrogens is 1. The van der Waals surface area contributed by atoms with Crippen molar-refractivity contribution in [1.29, 1.82) is 0 Å². The Morgan fingerprint density at radius 3 is 2.74 bits per heavy atom. The minimum absolute atomic E-state index is 0.0954. The summed E-state index contributed by atoms with van der Waals surface area (Å²) in [5.74, 6) is 0.480. The molecule has 0 unspecified atom stereocenters. The predicted octanol–water partition coefficient (Wildman–Crippen LogP) is 0.508. The summed E-state index contributed by atoms with van der Waals surface area (Å²) in [6.07, 6.45) is 3.19. The molecule has 5 rings (SSSR count). The third-order valence-corrected chi connectivity index (χ3v) is 4.16. The molecule has 0 aliphatic carbocycles. The Morgan fingerprint density at radius 2 is 1.97 bits per heavy atom. The van der Waals surface area contributed by atoms with E-state index >= 15 is 0 Å². The number of pyridine rings is 3. The van der Waals surface area contributed by atoms with Gasteiger partial charge in [-0.05, 0) is 48.5 Å². The van der Waals surface area contributed by atoms with Crippen molar-refractivity contribution in [2.24, 2.45) is 0 Å². The summed E-state index contributed by atoms with van der Waals surface area (Å²) < 4.78 is 7.91. The lowest BCUT2D eigenvalue weighted by Crippen LogP contribution is -2.12. The van der Waals surface area contributed by atoms with Gasteiger partial charge in [-0.15, -0.1) is 10.2 Å². The van der Waals surface area contributed by atoms with Crippen molar-refractivity contribution in [3.8, 4) is 5.82 Å². The molecule has 1 N–H and O–H groups in total. The van der Waals surface area contributed by atoms with E-state index in [1.54, 1.807) is 55.0 Å². The number of carbonyl (C=O) groups excluding carboxylic acids is 1. The van der Waals surface area contributed by atoms with Gasteiger partial charge in [-0.1, -0.05) is 5.21 Å². The average Bonchev–Trinajstić information content (AvgIpc) is 3.43. The highest BCUT2D eigenvalue weighted by atomic mass is 16.5. The van der Waals surface area contributed by atoms with Gasteiger partial charge >= 0.3 is 5.97 Å². The fourth-order valence-corrected chi connectivity index (χ4v) is 2.79. The maximum absolute atomic E-state index is 11.7. The molecule has 5 aromatic heterocycles. The van der Waals surface area contributed by atoms with Crippen molar-refractivity contribution >= 4 is 22.6 Å². The minimum Gasteiger partial charge on any atom is -0.462 e. The van der Waals surface area contributed by atoms with Gasteiger partial charge < -0.3 is 4.74 Å². The number of nitrogens with one attached hydrogen (secondary N) is 1. The molecule has 0 bridgehead atoms. The highest BCUT2D eigenvalue weighted by Gasteiger charge is 2.17. The summed E-state index contributed by atoms with van der Waals surface area (Å²) in [4.78, 5) is 31.5. The summed E-state index contributed by atoms with van der Waals surface area (Å²) in [7, 11) is 0. The van der Waals surface area contributed by atoms with Crippen molar-refractivity contribution in [2.45, 2.75) is 13.8 Å². The van der Waals surface area contributed by atoms with E-state index in [0.29, 0.717) is 40.5 Å². The molecule has 13 heteroatoms. The number of nitrogens with zero attached hydrogens (tertiary/aromatic N) is 9. The lowest BCUT2D eigenvalue weighted by molar-refractivity contribution is 0.0525. The number of esters is 1. The Kier molecular flexibility index (Phi) is 5.38. The Morgan fingerprint density at radius 1 is 1.16 bits per heavy atom. The molecule has 5 aromatic rings. The number of aromatic nitrogens is 10. The lowest BCUT2D eigenvalue weighted by atomic mass is 10.2. The molecule has 0 aliphatic rings. The summed E-state index contributed by atoms with van der Waals surface area (Å²) in [5.41, 5.74) is 1.26. The van der Waals surface area contributed by atoms with Crippen LogP contribution in [0, 0.1) is 6.92 Å². The molecule has 0 saturated carbocycles. The van der Waals surface area contributed by atoms with E-state index in [1.807, 2.05) is 0 Å². The monoisotopic (exact) mass is 420 g/mol. The van der Waals surface area contributed by atoms with Gasteiger partial charge in [0, 0.05) is 18.5 Å². The first-order valence-corrected chi connectivity index (χ1v) is 9.15. The van der Waals surface area contributed by atoms with Gasteiger partial charge in [-0.25, -0.2) is 14.8 Å². The van der Waals surface area contributed by atoms with E-state index in [1.165, 1.54) is 10.7 Å². The van der Waals surface area contributed by atoms with E-state index in [-0.39, 0.29) is 5.43 Å². The molecule has 5 heterocycles. The van der Waals surface area contributed by atoms with Crippen LogP contribution in [0.2, 0.25) is 0 Å². The largest absolute Gasteiger partial charge is 0.462 e. The summed E-state index contributed by atoms with van der Waals surface area (Å²) in [6.45, 7) is 3.78. The van der Waals surface area contributed by atoms with Gasteiger partial charge in [0.05, 0.1) is 12.0 Å². The number of hydrogen-bond donors (Lipinski definition) is 1. The molecular formula is C18H16N10O3. The van der Waals surface area contributed by atoms with Gasteiger partial charge in [0.1, 0.15) is 5.56 Å². The third kappa shape index (κ3) is 3.83. The first-order valence-electron chi connectivity index (χ1n) is 9.15. The Labute approximate surface area is 173 Å². The minimum atomic E-state index is -0.439. The SMILES string of the molecule is CCOC(=O)c1cccnc1-n1nnnc1C.O=c1cc2nn[nH]n2c2ncccc12. The molecular weight excluding hydrogens is 404 g/mol. The number of hydrogen-bond acceptors (Lipinski definition) is 10. The van der Waals surface area contributed by atoms with Gasteiger partial charge in [-0.3, -0.25) is 4.79 Å². The number of aryl methyl sites for hydroxylation is 1. The number of tetrazole rings is 2.